The van der Waals surface area contributed by atoms with Crippen LogP contribution in [0.4, 0.5) is 4.79 Å². The summed E-state index contributed by atoms with van der Waals surface area (Å²) in [5.41, 5.74) is 0.899. The lowest BCUT2D eigenvalue weighted by molar-refractivity contribution is 0.0221. The largest absolute Gasteiger partial charge is 0.493 e. The number of hydrogen-bond donors (Lipinski definition) is 1. The Bertz CT molecular complexity index is 509. The van der Waals surface area contributed by atoms with Gasteiger partial charge in [0.2, 0.25) is 5.88 Å². The van der Waals surface area contributed by atoms with E-state index >= 15 is 0 Å². The fourth-order valence-electron chi connectivity index (χ4n) is 2.00. The first kappa shape index (κ1) is 13.6. The van der Waals surface area contributed by atoms with Gasteiger partial charge in [0, 0.05) is 13.0 Å². The molecule has 0 saturated heterocycles. The van der Waals surface area contributed by atoms with Gasteiger partial charge in [-0.25, -0.2) is 9.78 Å². The second kappa shape index (κ2) is 4.68. The van der Waals surface area contributed by atoms with Crippen molar-refractivity contribution in [3.8, 4) is 5.88 Å². The summed E-state index contributed by atoms with van der Waals surface area (Å²) in [7, 11) is 0. The molecule has 0 aromatic carbocycles. The highest BCUT2D eigenvalue weighted by Crippen LogP contribution is 2.25. The molecule has 1 aliphatic heterocycles. The first-order valence-corrected chi connectivity index (χ1v) is 6.29. The number of nitrogens with zero attached hydrogens (tertiary/aromatic N) is 3. The molecule has 19 heavy (non-hydrogen) atoms. The number of fused-ring (bicyclic) bond motifs is 1. The predicted octanol–water partition coefficient (Wildman–Crippen LogP) is 1.78. The molecule has 104 valence electrons. The SMILES string of the molecule is Cc1nc(O)c2c(n1)CCN(C(=O)OC(C)(C)C)C2. The quantitative estimate of drug-likeness (QED) is 0.774. The Hall–Kier alpha value is -1.85. The van der Waals surface area contributed by atoms with Crippen LogP contribution < -0.4 is 0 Å². The molecule has 1 aliphatic rings. The zero-order valence-corrected chi connectivity index (χ0v) is 11.7. The number of amides is 1. The van der Waals surface area contributed by atoms with Gasteiger partial charge < -0.3 is 14.7 Å². The van der Waals surface area contributed by atoms with Gasteiger partial charge in [-0.3, -0.25) is 0 Å². The molecule has 1 aromatic heterocycles. The van der Waals surface area contributed by atoms with Crippen molar-refractivity contribution in [2.45, 2.75) is 46.3 Å². The molecule has 0 aliphatic carbocycles. The first-order valence-electron chi connectivity index (χ1n) is 6.29. The van der Waals surface area contributed by atoms with Gasteiger partial charge in [-0.05, 0) is 27.7 Å². The Morgan fingerprint density at radius 2 is 2.05 bits per heavy atom. The van der Waals surface area contributed by atoms with Crippen LogP contribution in [0.15, 0.2) is 0 Å². The van der Waals surface area contributed by atoms with Gasteiger partial charge in [0.15, 0.2) is 0 Å². The molecule has 2 rings (SSSR count). The lowest BCUT2D eigenvalue weighted by atomic mass is 10.1. The predicted molar refractivity (Wildman–Crippen MR) is 68.8 cm³/mol. The lowest BCUT2D eigenvalue weighted by Gasteiger charge is -2.30. The van der Waals surface area contributed by atoms with E-state index in [1.807, 2.05) is 20.8 Å². The molecule has 0 saturated carbocycles. The van der Waals surface area contributed by atoms with Crippen LogP contribution in [0.1, 0.15) is 37.9 Å². The molecule has 6 nitrogen and oxygen atoms in total. The molecular formula is C13H19N3O3. The van der Waals surface area contributed by atoms with E-state index in [0.717, 1.165) is 5.69 Å². The third-order valence-electron chi connectivity index (χ3n) is 2.80. The number of ether oxygens (including phenoxy) is 1. The number of hydrogen-bond acceptors (Lipinski definition) is 5. The van der Waals surface area contributed by atoms with Gasteiger partial charge in [0.1, 0.15) is 11.4 Å². The average Bonchev–Trinajstić information content (AvgIpc) is 2.25. The van der Waals surface area contributed by atoms with Crippen LogP contribution >= 0.6 is 0 Å². The van der Waals surface area contributed by atoms with E-state index < -0.39 is 5.60 Å². The Morgan fingerprint density at radius 1 is 1.37 bits per heavy atom. The third-order valence-corrected chi connectivity index (χ3v) is 2.80. The fourth-order valence-corrected chi connectivity index (χ4v) is 2.00. The minimum Gasteiger partial charge on any atom is -0.493 e. The zero-order valence-electron chi connectivity index (χ0n) is 11.7. The van der Waals surface area contributed by atoms with Gasteiger partial charge in [-0.1, -0.05) is 0 Å². The molecule has 1 aromatic rings. The van der Waals surface area contributed by atoms with Crippen LogP contribution in [-0.2, 0) is 17.7 Å². The molecule has 6 heteroatoms. The van der Waals surface area contributed by atoms with Crippen LogP contribution in [0.2, 0.25) is 0 Å². The van der Waals surface area contributed by atoms with Crippen LogP contribution in [0, 0.1) is 6.92 Å². The summed E-state index contributed by atoms with van der Waals surface area (Å²) in [6.07, 6.45) is 0.226. The number of rotatable bonds is 0. The molecule has 1 N–H and O–H groups in total. The van der Waals surface area contributed by atoms with Crippen molar-refractivity contribution in [2.75, 3.05) is 6.54 Å². The summed E-state index contributed by atoms with van der Waals surface area (Å²) in [6.45, 7) is 8.04. The standard InChI is InChI=1S/C13H19N3O3/c1-8-14-10-5-6-16(7-9(10)11(17)15-8)12(18)19-13(2,3)4/h5-7H2,1-4H3,(H,14,15,17). The maximum absolute atomic E-state index is 12.0. The maximum atomic E-state index is 12.0. The topological polar surface area (TPSA) is 75.6 Å². The van der Waals surface area contributed by atoms with Crippen molar-refractivity contribution in [1.82, 2.24) is 14.9 Å². The lowest BCUT2D eigenvalue weighted by Crippen LogP contribution is -2.40. The second-order valence-electron chi connectivity index (χ2n) is 5.67. The van der Waals surface area contributed by atoms with Crippen LogP contribution in [-0.4, -0.2) is 38.2 Å². The summed E-state index contributed by atoms with van der Waals surface area (Å²) in [4.78, 5) is 21.8. The van der Waals surface area contributed by atoms with Crippen molar-refractivity contribution >= 4 is 6.09 Å². The van der Waals surface area contributed by atoms with Gasteiger partial charge in [0.25, 0.3) is 0 Å². The van der Waals surface area contributed by atoms with E-state index in [1.54, 1.807) is 11.8 Å². The number of aryl methyl sites for hydroxylation is 1. The Balaban J connectivity index is 2.16. The van der Waals surface area contributed by atoms with Crippen LogP contribution in [0.3, 0.4) is 0 Å². The highest BCUT2D eigenvalue weighted by Gasteiger charge is 2.28. The normalized spacial score (nSPS) is 15.1. The van der Waals surface area contributed by atoms with E-state index in [4.69, 9.17) is 4.74 Å². The highest BCUT2D eigenvalue weighted by molar-refractivity contribution is 5.68. The Labute approximate surface area is 112 Å². The molecule has 0 bridgehead atoms. The smallest absolute Gasteiger partial charge is 0.410 e. The summed E-state index contributed by atoms with van der Waals surface area (Å²) in [5, 5.41) is 9.84. The molecule has 0 atom stereocenters. The maximum Gasteiger partial charge on any atom is 0.410 e. The van der Waals surface area contributed by atoms with Gasteiger partial charge >= 0.3 is 6.09 Å². The number of carbonyl (C=O) groups is 1. The van der Waals surface area contributed by atoms with E-state index in [1.165, 1.54) is 0 Å². The van der Waals surface area contributed by atoms with Crippen molar-refractivity contribution in [3.63, 3.8) is 0 Å². The van der Waals surface area contributed by atoms with E-state index in [0.29, 0.717) is 24.4 Å². The summed E-state index contributed by atoms with van der Waals surface area (Å²) in [5.74, 6) is 0.498. The van der Waals surface area contributed by atoms with Crippen molar-refractivity contribution in [2.24, 2.45) is 0 Å². The minimum absolute atomic E-state index is 0.0456. The van der Waals surface area contributed by atoms with Gasteiger partial charge in [-0.15, -0.1) is 0 Å². The molecule has 0 radical (unpaired) electrons. The number of carbonyl (C=O) groups excluding carboxylic acids is 1. The van der Waals surface area contributed by atoms with E-state index in [-0.39, 0.29) is 18.5 Å². The van der Waals surface area contributed by atoms with E-state index in [2.05, 4.69) is 9.97 Å². The van der Waals surface area contributed by atoms with E-state index in [9.17, 15) is 9.90 Å². The zero-order chi connectivity index (χ0) is 14.2. The summed E-state index contributed by atoms with van der Waals surface area (Å²) in [6, 6.07) is 0. The average molecular weight is 265 g/mol. The molecule has 2 heterocycles. The summed E-state index contributed by atoms with van der Waals surface area (Å²) < 4.78 is 5.32. The minimum atomic E-state index is -0.525. The van der Waals surface area contributed by atoms with Crippen molar-refractivity contribution in [1.29, 1.82) is 0 Å². The van der Waals surface area contributed by atoms with Gasteiger partial charge in [-0.2, -0.15) is 4.98 Å². The van der Waals surface area contributed by atoms with Crippen molar-refractivity contribution < 1.29 is 14.6 Å². The second-order valence-corrected chi connectivity index (χ2v) is 5.67. The molecular weight excluding hydrogens is 246 g/mol. The molecule has 0 fully saturated rings. The molecule has 0 unspecified atom stereocenters. The first-order chi connectivity index (χ1) is 8.76. The Morgan fingerprint density at radius 3 is 2.68 bits per heavy atom. The molecule has 1 amide bonds. The number of aromatic hydroxyl groups is 1. The highest BCUT2D eigenvalue weighted by atomic mass is 16.6. The van der Waals surface area contributed by atoms with Crippen molar-refractivity contribution in [3.05, 3.63) is 17.1 Å². The molecule has 0 spiro atoms. The van der Waals surface area contributed by atoms with Crippen LogP contribution in [0.5, 0.6) is 5.88 Å². The number of aromatic nitrogens is 2. The Kier molecular flexibility index (Phi) is 3.34. The summed E-state index contributed by atoms with van der Waals surface area (Å²) >= 11 is 0. The monoisotopic (exact) mass is 265 g/mol. The van der Waals surface area contributed by atoms with Gasteiger partial charge in [0.05, 0.1) is 17.8 Å². The third kappa shape index (κ3) is 3.13. The fraction of sp³-hybridized carbons (Fsp3) is 0.615. The van der Waals surface area contributed by atoms with Crippen LogP contribution in [0.25, 0.3) is 0 Å².